The fourth-order valence-electron chi connectivity index (χ4n) is 6.49. The molecule has 4 aromatic rings. The molecule has 0 saturated heterocycles. The molecule has 0 spiro atoms. The van der Waals surface area contributed by atoms with Crippen molar-refractivity contribution < 1.29 is 65.8 Å². The summed E-state index contributed by atoms with van der Waals surface area (Å²) in [7, 11) is 0. The second kappa shape index (κ2) is 28.3. The zero-order valence-electron chi connectivity index (χ0n) is 38.5. The normalized spacial score (nSPS) is 15.1. The number of carbonyl (C=O) groups excluding carboxylic acids is 3. The van der Waals surface area contributed by atoms with Gasteiger partial charge in [-0.05, 0) is 65.5 Å². The lowest BCUT2D eigenvalue weighted by Gasteiger charge is -2.28. The maximum absolute atomic E-state index is 14.9. The smallest absolute Gasteiger partial charge is 0.407 e. The topological polar surface area (TPSA) is 220 Å². The number of hydrogen-bond acceptors (Lipinski definition) is 17. The molecule has 1 saturated carbocycles. The number of nitrogens with one attached hydrogen (secondary N) is 2. The van der Waals surface area contributed by atoms with Crippen molar-refractivity contribution in [1.29, 1.82) is 0 Å². The Balaban J connectivity index is 0.892. The number of anilines is 1. The van der Waals surface area contributed by atoms with E-state index in [2.05, 4.69) is 30.8 Å². The molecule has 0 bridgehead atoms. The summed E-state index contributed by atoms with van der Waals surface area (Å²) in [6.45, 7) is 12.6. The van der Waals surface area contributed by atoms with Crippen LogP contribution in [0.4, 0.5) is 19.3 Å². The molecule has 1 fully saturated rings. The van der Waals surface area contributed by atoms with E-state index in [9.17, 15) is 23.2 Å². The van der Waals surface area contributed by atoms with Crippen molar-refractivity contribution >= 4 is 35.0 Å². The molecule has 4 aromatic heterocycles. The van der Waals surface area contributed by atoms with Gasteiger partial charge in [-0.1, -0.05) is 0 Å². The van der Waals surface area contributed by atoms with E-state index >= 15 is 0 Å². The number of alkyl carbamates (subject to hydrolysis) is 1. The van der Waals surface area contributed by atoms with Gasteiger partial charge in [-0.2, -0.15) is 14.6 Å². The van der Waals surface area contributed by atoms with Crippen LogP contribution in [0.2, 0.25) is 0 Å². The van der Waals surface area contributed by atoms with Gasteiger partial charge in [0, 0.05) is 36.5 Å². The lowest BCUT2D eigenvalue weighted by molar-refractivity contribution is -0.149. The molecule has 67 heavy (non-hydrogen) atoms. The van der Waals surface area contributed by atoms with Crippen molar-refractivity contribution in [2.45, 2.75) is 84.3 Å². The van der Waals surface area contributed by atoms with Gasteiger partial charge in [0.2, 0.25) is 5.95 Å². The van der Waals surface area contributed by atoms with Gasteiger partial charge in [0.05, 0.1) is 110 Å². The number of amides is 2. The van der Waals surface area contributed by atoms with Gasteiger partial charge in [-0.15, -0.1) is 11.3 Å². The lowest BCUT2D eigenvalue weighted by atomic mass is 9.93. The van der Waals surface area contributed by atoms with Crippen molar-refractivity contribution in [2.75, 3.05) is 97.8 Å². The van der Waals surface area contributed by atoms with Crippen LogP contribution in [0.3, 0.4) is 0 Å². The molecule has 20 nitrogen and oxygen atoms in total. The quantitative estimate of drug-likeness (QED) is 0.0357. The largest absolute Gasteiger partial charge is 0.444 e. The number of hydrogen-bond donors (Lipinski definition) is 2. The van der Waals surface area contributed by atoms with Crippen LogP contribution in [-0.2, 0) is 54.2 Å². The van der Waals surface area contributed by atoms with E-state index in [1.165, 1.54) is 22.2 Å². The Morgan fingerprint density at radius 2 is 1.43 bits per heavy atom. The van der Waals surface area contributed by atoms with Crippen LogP contribution < -0.4 is 10.6 Å². The summed E-state index contributed by atoms with van der Waals surface area (Å²) in [4.78, 5) is 45.5. The highest BCUT2D eigenvalue weighted by Crippen LogP contribution is 2.35. The third-order valence-corrected chi connectivity index (χ3v) is 10.5. The second-order valence-electron chi connectivity index (χ2n) is 16.0. The molecule has 0 radical (unpaired) electrons. The molecule has 0 aromatic carbocycles. The Labute approximate surface area is 392 Å². The highest BCUT2D eigenvalue weighted by atomic mass is 32.1. The van der Waals surface area contributed by atoms with Crippen LogP contribution in [0, 0.1) is 11.8 Å². The predicted octanol–water partition coefficient (Wildman–Crippen LogP) is 5.83. The van der Waals surface area contributed by atoms with Crippen LogP contribution in [-0.4, -0.2) is 152 Å². The minimum absolute atomic E-state index is 0.00441. The number of ether oxygens (including phenoxy) is 9. The van der Waals surface area contributed by atoms with Gasteiger partial charge >= 0.3 is 12.1 Å². The predicted molar refractivity (Wildman–Crippen MR) is 239 cm³/mol. The van der Waals surface area contributed by atoms with Crippen LogP contribution in [0.5, 0.6) is 0 Å². The second-order valence-corrected chi connectivity index (χ2v) is 16.8. The number of halogens is 2. The molecule has 0 atom stereocenters. The highest BCUT2D eigenvalue weighted by molar-refractivity contribution is 7.13. The fraction of sp³-hybridized carbons (Fsp3) is 0.614. The lowest BCUT2D eigenvalue weighted by Crippen LogP contribution is -2.34. The van der Waals surface area contributed by atoms with E-state index in [0.29, 0.717) is 96.4 Å². The SMILES string of the molecule is CCO[C@H]1CC[C@H](n2cc(NC(=O)c3csc(-c4cnn(COC(=O)CCOCCOCCOCCOCCOCCOCCNC(=O)OC(C)(C)C)c4)n3)c(-c3nc(F)ccc3F)n2)CC1. The maximum Gasteiger partial charge on any atom is 0.407 e. The molecule has 0 unspecified atom stereocenters. The molecule has 1 aliphatic carbocycles. The first-order valence-corrected chi connectivity index (χ1v) is 23.2. The Kier molecular flexibility index (Phi) is 22.4. The minimum atomic E-state index is -0.880. The van der Waals surface area contributed by atoms with Gasteiger partial charge in [0.15, 0.2) is 12.5 Å². The Bertz CT molecular complexity index is 2110. The summed E-state index contributed by atoms with van der Waals surface area (Å²) in [6.07, 6.45) is 7.69. The summed E-state index contributed by atoms with van der Waals surface area (Å²) in [5, 5.41) is 16.3. The van der Waals surface area contributed by atoms with E-state index < -0.39 is 35.3 Å². The maximum atomic E-state index is 14.9. The van der Waals surface area contributed by atoms with Gasteiger partial charge in [-0.3, -0.25) is 14.3 Å². The minimum Gasteiger partial charge on any atom is -0.444 e. The summed E-state index contributed by atoms with van der Waals surface area (Å²) in [5.74, 6) is -2.71. The van der Waals surface area contributed by atoms with E-state index in [4.69, 9.17) is 42.6 Å². The van der Waals surface area contributed by atoms with Crippen LogP contribution in [0.25, 0.3) is 22.0 Å². The number of aromatic nitrogens is 6. The monoisotopic (exact) mass is 964 g/mol. The number of thiazole rings is 1. The molecular formula is C44H62F2N8O12S. The van der Waals surface area contributed by atoms with E-state index in [-0.39, 0.29) is 54.7 Å². The summed E-state index contributed by atoms with van der Waals surface area (Å²) < 4.78 is 81.2. The molecule has 1 aliphatic rings. The first kappa shape index (κ1) is 53.0. The van der Waals surface area contributed by atoms with Gasteiger partial charge < -0.3 is 53.3 Å². The fourth-order valence-corrected chi connectivity index (χ4v) is 7.27. The van der Waals surface area contributed by atoms with Gasteiger partial charge in [-0.25, -0.2) is 23.8 Å². The van der Waals surface area contributed by atoms with Gasteiger partial charge in [0.1, 0.15) is 27.7 Å². The third kappa shape index (κ3) is 19.3. The Hall–Kier alpha value is -5.01. The van der Waals surface area contributed by atoms with Crippen LogP contribution >= 0.6 is 11.3 Å². The standard InChI is InChI=1S/C44H62F2N8O12S/c1-5-64-33-8-6-32(7-9-33)54-28-35(40(52-54)39-34(45)10-11-37(46)51-39)49-41(56)36-29-67-42(50-36)31-26-48-53(27-31)30-65-38(55)12-14-58-16-18-60-20-22-62-24-25-63-23-21-61-19-17-59-15-13-47-43(57)66-44(2,3)4/h10-11,26-29,32-33H,5-9,12-25,30H2,1-4H3,(H,47,57)(H,49,56)/t32-,33-. The van der Waals surface area contributed by atoms with Crippen molar-refractivity contribution in [3.63, 3.8) is 0 Å². The van der Waals surface area contributed by atoms with Gasteiger partial charge in [0.25, 0.3) is 5.91 Å². The summed E-state index contributed by atoms with van der Waals surface area (Å²) in [5.41, 5.74) is -0.00261. The van der Waals surface area contributed by atoms with Crippen LogP contribution in [0.15, 0.2) is 36.1 Å². The van der Waals surface area contributed by atoms with E-state index in [1.807, 2.05) is 6.92 Å². The summed E-state index contributed by atoms with van der Waals surface area (Å²) >= 11 is 1.21. The number of nitrogens with zero attached hydrogens (tertiary/aromatic N) is 6. The average molecular weight is 965 g/mol. The first-order valence-electron chi connectivity index (χ1n) is 22.3. The third-order valence-electron chi connectivity index (χ3n) is 9.64. The van der Waals surface area contributed by atoms with Crippen molar-refractivity contribution in [3.8, 4) is 22.0 Å². The van der Waals surface area contributed by atoms with E-state index in [0.717, 1.165) is 37.8 Å². The number of esters is 1. The van der Waals surface area contributed by atoms with E-state index in [1.54, 1.807) is 43.2 Å². The molecule has 370 valence electrons. The number of rotatable bonds is 30. The molecule has 4 heterocycles. The van der Waals surface area contributed by atoms with Crippen LogP contribution in [0.1, 0.15) is 76.3 Å². The molecule has 23 heteroatoms. The zero-order chi connectivity index (χ0) is 47.9. The first-order chi connectivity index (χ1) is 32.4. The zero-order valence-corrected chi connectivity index (χ0v) is 39.3. The number of carbonyl (C=O) groups is 3. The molecule has 2 N–H and O–H groups in total. The molecular weight excluding hydrogens is 903 g/mol. The molecule has 0 aliphatic heterocycles. The van der Waals surface area contributed by atoms with Crippen molar-refractivity contribution in [1.82, 2.24) is 34.8 Å². The highest BCUT2D eigenvalue weighted by Gasteiger charge is 2.27. The van der Waals surface area contributed by atoms with Crippen molar-refractivity contribution in [2.24, 2.45) is 0 Å². The Morgan fingerprint density at radius 3 is 2.06 bits per heavy atom. The molecule has 5 rings (SSSR count). The number of pyridine rings is 1. The molecule has 2 amide bonds. The Morgan fingerprint density at radius 1 is 0.806 bits per heavy atom. The average Bonchev–Trinajstić information content (AvgIpc) is 4.08. The summed E-state index contributed by atoms with van der Waals surface area (Å²) in [6, 6.07) is 1.86. The van der Waals surface area contributed by atoms with Crippen molar-refractivity contribution in [3.05, 3.63) is 53.6 Å².